The van der Waals surface area contributed by atoms with Crippen molar-refractivity contribution in [1.82, 2.24) is 14.7 Å². The summed E-state index contributed by atoms with van der Waals surface area (Å²) in [6.45, 7) is 6.34. The summed E-state index contributed by atoms with van der Waals surface area (Å²) in [5, 5.41) is 3.77. The molecule has 3 aromatic rings. The van der Waals surface area contributed by atoms with Crippen LogP contribution in [0.4, 0.5) is 11.4 Å². The van der Waals surface area contributed by atoms with Gasteiger partial charge in [0.2, 0.25) is 5.91 Å². The van der Waals surface area contributed by atoms with Gasteiger partial charge in [0.05, 0.1) is 24.8 Å². The zero-order valence-electron chi connectivity index (χ0n) is 24.7. The number of amides is 2. The third-order valence-corrected chi connectivity index (χ3v) is 8.63. The lowest BCUT2D eigenvalue weighted by Gasteiger charge is -2.35. The molecule has 0 saturated carbocycles. The van der Waals surface area contributed by atoms with Gasteiger partial charge in [-0.15, -0.1) is 0 Å². The van der Waals surface area contributed by atoms with Crippen LogP contribution in [0.1, 0.15) is 28.8 Å². The van der Waals surface area contributed by atoms with Crippen LogP contribution in [0.25, 0.3) is 0 Å². The number of halogens is 1. The van der Waals surface area contributed by atoms with Crippen LogP contribution in [0.2, 0.25) is 5.02 Å². The molecule has 2 heterocycles. The highest BCUT2D eigenvalue weighted by Crippen LogP contribution is 2.29. The Labute approximate surface area is 268 Å². The fourth-order valence-electron chi connectivity index (χ4n) is 5.59. The van der Waals surface area contributed by atoms with Gasteiger partial charge >= 0.3 is 5.97 Å². The molecule has 0 bridgehead atoms. The molecular weight excluding hydrogens is 598 g/mol. The van der Waals surface area contributed by atoms with Crippen molar-refractivity contribution < 1.29 is 19.1 Å². The van der Waals surface area contributed by atoms with Gasteiger partial charge in [0.25, 0.3) is 5.91 Å². The number of anilines is 2. The van der Waals surface area contributed by atoms with Gasteiger partial charge < -0.3 is 19.9 Å². The number of nitrogens with zero attached hydrogens (tertiary/aromatic N) is 4. The molecule has 44 heavy (non-hydrogen) atoms. The number of carbonyl (C=O) groups excluding carboxylic acids is 3. The summed E-state index contributed by atoms with van der Waals surface area (Å²) in [6.07, 6.45) is 0.730. The minimum atomic E-state index is -0.741. The van der Waals surface area contributed by atoms with Crippen LogP contribution >= 0.6 is 23.8 Å². The molecule has 2 saturated heterocycles. The molecule has 1 atom stereocenters. The highest BCUT2D eigenvalue weighted by atomic mass is 35.5. The van der Waals surface area contributed by atoms with E-state index in [9.17, 15) is 14.4 Å². The zero-order valence-corrected chi connectivity index (χ0v) is 26.2. The number of thiocarbonyl (C=S) groups is 1. The molecule has 0 aliphatic carbocycles. The number of rotatable bonds is 11. The third kappa shape index (κ3) is 7.81. The molecule has 3 aromatic carbocycles. The topological polar surface area (TPSA) is 85.4 Å². The van der Waals surface area contributed by atoms with E-state index >= 15 is 0 Å². The van der Waals surface area contributed by atoms with Crippen molar-refractivity contribution in [3.63, 3.8) is 0 Å². The first-order valence-corrected chi connectivity index (χ1v) is 15.5. The van der Waals surface area contributed by atoms with Gasteiger partial charge in [0, 0.05) is 50.0 Å². The Morgan fingerprint density at radius 1 is 0.909 bits per heavy atom. The first-order valence-electron chi connectivity index (χ1n) is 14.7. The fourth-order valence-corrected chi connectivity index (χ4v) is 6.13. The number of piperazine rings is 1. The summed E-state index contributed by atoms with van der Waals surface area (Å²) in [6, 6.07) is 23.1. The Bertz CT molecular complexity index is 1460. The molecular formula is C33H36ClN5O4S. The smallest absolute Gasteiger partial charge is 0.337 e. The van der Waals surface area contributed by atoms with E-state index in [0.29, 0.717) is 33.6 Å². The number of ether oxygens (including phenoxy) is 1. The fraction of sp³-hybridized carbons (Fsp3) is 0.333. The molecule has 0 radical (unpaired) electrons. The summed E-state index contributed by atoms with van der Waals surface area (Å²) in [5.74, 6) is -1.03. The zero-order chi connectivity index (χ0) is 31.1. The summed E-state index contributed by atoms with van der Waals surface area (Å²) >= 11 is 11.9. The molecule has 2 aliphatic heterocycles. The largest absolute Gasteiger partial charge is 0.465 e. The van der Waals surface area contributed by atoms with E-state index in [2.05, 4.69) is 39.4 Å². The van der Waals surface area contributed by atoms with Crippen LogP contribution in [0.3, 0.4) is 0 Å². The second-order valence-corrected chi connectivity index (χ2v) is 11.7. The Kier molecular flexibility index (Phi) is 10.6. The SMILES string of the molecule is COC(=O)c1ccc(NC(=O)C[C@@H]2C(=O)N(c3ccc(Cl)cc3)C(=S)N2CCCN2CCN(Cc3ccccc3)CC2)cc1. The minimum Gasteiger partial charge on any atom is -0.465 e. The number of nitrogens with one attached hydrogen (secondary N) is 1. The van der Waals surface area contributed by atoms with Crippen LogP contribution in [0.5, 0.6) is 0 Å². The van der Waals surface area contributed by atoms with Crippen LogP contribution in [-0.4, -0.2) is 90.0 Å². The van der Waals surface area contributed by atoms with E-state index in [1.54, 1.807) is 48.5 Å². The molecule has 230 valence electrons. The average Bonchev–Trinajstić information content (AvgIpc) is 3.26. The normalized spacial score (nSPS) is 17.6. The van der Waals surface area contributed by atoms with Crippen molar-refractivity contribution in [2.24, 2.45) is 0 Å². The molecule has 1 N–H and O–H groups in total. The van der Waals surface area contributed by atoms with E-state index < -0.39 is 12.0 Å². The number of carbonyl (C=O) groups is 3. The Hall–Kier alpha value is -3.83. The van der Waals surface area contributed by atoms with Crippen LogP contribution in [0.15, 0.2) is 78.9 Å². The predicted molar refractivity (Wildman–Crippen MR) is 176 cm³/mol. The maximum atomic E-state index is 13.7. The van der Waals surface area contributed by atoms with Gasteiger partial charge in [0.1, 0.15) is 6.04 Å². The summed E-state index contributed by atoms with van der Waals surface area (Å²) < 4.78 is 4.73. The molecule has 2 fully saturated rings. The van der Waals surface area contributed by atoms with Gasteiger partial charge in [-0.05, 0) is 79.3 Å². The molecule has 0 unspecified atom stereocenters. The van der Waals surface area contributed by atoms with Crippen LogP contribution in [0, 0.1) is 0 Å². The molecule has 0 spiro atoms. The van der Waals surface area contributed by atoms with Gasteiger partial charge in [-0.1, -0.05) is 41.9 Å². The van der Waals surface area contributed by atoms with Crippen molar-refractivity contribution in [2.75, 3.05) is 56.6 Å². The third-order valence-electron chi connectivity index (χ3n) is 7.96. The van der Waals surface area contributed by atoms with E-state index in [4.69, 9.17) is 28.6 Å². The monoisotopic (exact) mass is 633 g/mol. The van der Waals surface area contributed by atoms with E-state index in [1.165, 1.54) is 17.6 Å². The standard InChI is InChI=1S/C33H36ClN5O4S/c1-43-32(42)25-8-12-27(13-9-25)35-30(40)22-29-31(41)39(28-14-10-26(34)11-15-28)33(44)38(29)17-5-16-36-18-20-37(21-19-36)23-24-6-3-2-4-7-24/h2-4,6-15,29H,5,16-23H2,1H3,(H,35,40)/t29-/m1/s1. The lowest BCUT2D eigenvalue weighted by molar-refractivity contribution is -0.124. The first-order chi connectivity index (χ1) is 21.3. The van der Waals surface area contributed by atoms with Crippen LogP contribution in [-0.2, 0) is 20.9 Å². The quantitative estimate of drug-likeness (QED) is 0.241. The molecule has 5 rings (SSSR count). The summed E-state index contributed by atoms with van der Waals surface area (Å²) in [5.41, 5.74) is 2.84. The van der Waals surface area contributed by atoms with Crippen molar-refractivity contribution >= 4 is 58.1 Å². The number of hydrogen-bond donors (Lipinski definition) is 1. The average molecular weight is 634 g/mol. The Morgan fingerprint density at radius 2 is 1.57 bits per heavy atom. The maximum Gasteiger partial charge on any atom is 0.337 e. The number of hydrogen-bond acceptors (Lipinski definition) is 7. The molecule has 9 nitrogen and oxygen atoms in total. The van der Waals surface area contributed by atoms with Crippen molar-refractivity contribution in [3.8, 4) is 0 Å². The number of benzene rings is 3. The molecule has 11 heteroatoms. The number of esters is 1. The Balaban J connectivity index is 1.20. The lowest BCUT2D eigenvalue weighted by atomic mass is 10.1. The van der Waals surface area contributed by atoms with Gasteiger partial charge in [0.15, 0.2) is 5.11 Å². The predicted octanol–water partition coefficient (Wildman–Crippen LogP) is 4.67. The van der Waals surface area contributed by atoms with Gasteiger partial charge in [-0.3, -0.25) is 19.4 Å². The summed E-state index contributed by atoms with van der Waals surface area (Å²) in [7, 11) is 1.31. The maximum absolute atomic E-state index is 13.7. The second kappa shape index (κ2) is 14.8. The lowest BCUT2D eigenvalue weighted by Crippen LogP contribution is -2.47. The van der Waals surface area contributed by atoms with Gasteiger partial charge in [-0.25, -0.2) is 4.79 Å². The Morgan fingerprint density at radius 3 is 2.23 bits per heavy atom. The first kappa shape index (κ1) is 31.6. The van der Waals surface area contributed by atoms with Crippen molar-refractivity contribution in [3.05, 3.63) is 95.0 Å². The van der Waals surface area contributed by atoms with Crippen LogP contribution < -0.4 is 10.2 Å². The summed E-state index contributed by atoms with van der Waals surface area (Å²) in [4.78, 5) is 46.9. The minimum absolute atomic E-state index is 0.0695. The highest BCUT2D eigenvalue weighted by Gasteiger charge is 2.44. The molecule has 2 aliphatic rings. The van der Waals surface area contributed by atoms with Crippen molar-refractivity contribution in [1.29, 1.82) is 0 Å². The second-order valence-electron chi connectivity index (χ2n) is 10.9. The van der Waals surface area contributed by atoms with Crippen molar-refractivity contribution in [2.45, 2.75) is 25.4 Å². The van der Waals surface area contributed by atoms with E-state index in [1.807, 2.05) is 11.0 Å². The number of methoxy groups -OCH3 is 1. The van der Waals surface area contributed by atoms with E-state index in [-0.39, 0.29) is 18.2 Å². The van der Waals surface area contributed by atoms with Gasteiger partial charge in [-0.2, -0.15) is 0 Å². The van der Waals surface area contributed by atoms with E-state index in [0.717, 1.165) is 45.7 Å². The molecule has 0 aromatic heterocycles. The molecule has 2 amide bonds. The highest BCUT2D eigenvalue weighted by molar-refractivity contribution is 7.80.